The molecule has 0 aromatic heterocycles. The predicted molar refractivity (Wildman–Crippen MR) is 43.1 cm³/mol. The largest absolute Gasteiger partial charge is 0.498 e. The lowest BCUT2D eigenvalue weighted by atomic mass is 9.94. The first kappa shape index (κ1) is 8.31. The lowest BCUT2D eigenvalue weighted by molar-refractivity contribution is -0.116. The van der Waals surface area contributed by atoms with Gasteiger partial charge in [0.05, 0.1) is 12.4 Å². The van der Waals surface area contributed by atoms with E-state index >= 15 is 0 Å². The Bertz CT molecular complexity index is 182. The van der Waals surface area contributed by atoms with Crippen molar-refractivity contribution in [3.05, 3.63) is 11.8 Å². The van der Waals surface area contributed by atoms with Crippen molar-refractivity contribution >= 4 is 5.78 Å². The summed E-state index contributed by atoms with van der Waals surface area (Å²) in [4.78, 5) is 11.0. The molecule has 1 atom stereocenters. The zero-order valence-electron chi connectivity index (χ0n) is 7.09. The molecule has 0 radical (unpaired) electrons. The van der Waals surface area contributed by atoms with E-state index in [0.717, 1.165) is 12.2 Å². The third kappa shape index (κ3) is 2.37. The van der Waals surface area contributed by atoms with Crippen LogP contribution in [0, 0.1) is 5.92 Å². The van der Waals surface area contributed by atoms with Crippen molar-refractivity contribution in [2.45, 2.75) is 26.7 Å². The summed E-state index contributed by atoms with van der Waals surface area (Å²) in [6.07, 6.45) is 3.22. The van der Waals surface area contributed by atoms with E-state index < -0.39 is 0 Å². The summed E-state index contributed by atoms with van der Waals surface area (Å²) in [5, 5.41) is 0. The number of allylic oxidation sites excluding steroid dienone is 2. The second-order valence-electron chi connectivity index (χ2n) is 3.02. The number of carbonyl (C=O) groups is 1. The average molecular weight is 154 g/mol. The van der Waals surface area contributed by atoms with Crippen LogP contribution in [0.3, 0.4) is 0 Å². The number of rotatable bonds is 2. The van der Waals surface area contributed by atoms with Crippen LogP contribution < -0.4 is 0 Å². The van der Waals surface area contributed by atoms with Gasteiger partial charge < -0.3 is 4.74 Å². The van der Waals surface area contributed by atoms with Gasteiger partial charge in [-0.2, -0.15) is 0 Å². The topological polar surface area (TPSA) is 26.3 Å². The van der Waals surface area contributed by atoms with Gasteiger partial charge in [-0.25, -0.2) is 0 Å². The molecule has 0 saturated heterocycles. The van der Waals surface area contributed by atoms with E-state index in [2.05, 4.69) is 6.92 Å². The van der Waals surface area contributed by atoms with Crippen molar-refractivity contribution in [2.24, 2.45) is 5.92 Å². The normalized spacial score (nSPS) is 24.7. The van der Waals surface area contributed by atoms with Gasteiger partial charge in [0.15, 0.2) is 5.78 Å². The molecule has 0 bridgehead atoms. The Morgan fingerprint density at radius 2 is 2.36 bits per heavy atom. The van der Waals surface area contributed by atoms with Crippen LogP contribution in [0.1, 0.15) is 26.7 Å². The van der Waals surface area contributed by atoms with E-state index in [1.54, 1.807) is 6.08 Å². The molecular formula is C9H14O2. The second kappa shape index (κ2) is 3.56. The number of carbonyl (C=O) groups excluding carboxylic acids is 1. The van der Waals surface area contributed by atoms with Crippen molar-refractivity contribution in [3.8, 4) is 0 Å². The first-order valence-corrected chi connectivity index (χ1v) is 4.08. The maximum absolute atomic E-state index is 11.0. The van der Waals surface area contributed by atoms with Crippen LogP contribution in [0.5, 0.6) is 0 Å². The smallest absolute Gasteiger partial charge is 0.159 e. The van der Waals surface area contributed by atoms with Gasteiger partial charge in [-0.15, -0.1) is 0 Å². The van der Waals surface area contributed by atoms with Gasteiger partial charge in [0, 0.05) is 18.9 Å². The molecule has 2 nitrogen and oxygen atoms in total. The van der Waals surface area contributed by atoms with E-state index in [4.69, 9.17) is 4.74 Å². The lowest BCUT2D eigenvalue weighted by Gasteiger charge is -2.17. The molecule has 0 aromatic rings. The molecule has 62 valence electrons. The van der Waals surface area contributed by atoms with Crippen LogP contribution in [0.2, 0.25) is 0 Å². The molecule has 1 aliphatic rings. The van der Waals surface area contributed by atoms with Crippen molar-refractivity contribution in [1.29, 1.82) is 0 Å². The van der Waals surface area contributed by atoms with Gasteiger partial charge in [-0.05, 0) is 12.8 Å². The monoisotopic (exact) mass is 154 g/mol. The Balaban J connectivity index is 2.57. The van der Waals surface area contributed by atoms with Gasteiger partial charge in [-0.3, -0.25) is 4.79 Å². The Morgan fingerprint density at radius 3 is 2.91 bits per heavy atom. The molecule has 0 N–H and O–H groups in total. The van der Waals surface area contributed by atoms with Crippen LogP contribution in [0.15, 0.2) is 11.8 Å². The average Bonchev–Trinajstić information content (AvgIpc) is 1.85. The standard InChI is InChI=1S/C9H14O2/c1-3-11-9-5-7(2)4-8(10)6-9/h6-7H,3-5H2,1-2H3/t7-/m1/s1. The SMILES string of the molecule is CCOC1=CC(=O)C[C@@H](C)C1. The summed E-state index contributed by atoms with van der Waals surface area (Å²) in [7, 11) is 0. The number of ether oxygens (including phenoxy) is 1. The molecule has 0 fully saturated rings. The highest BCUT2D eigenvalue weighted by molar-refractivity contribution is 5.91. The summed E-state index contributed by atoms with van der Waals surface area (Å²) in [5.74, 6) is 1.51. The lowest BCUT2D eigenvalue weighted by Crippen LogP contribution is -2.12. The fourth-order valence-corrected chi connectivity index (χ4v) is 1.34. The molecule has 0 aromatic carbocycles. The van der Waals surface area contributed by atoms with E-state index in [1.165, 1.54) is 0 Å². The van der Waals surface area contributed by atoms with E-state index in [0.29, 0.717) is 18.9 Å². The zero-order valence-corrected chi connectivity index (χ0v) is 7.09. The van der Waals surface area contributed by atoms with Gasteiger partial charge in [0.2, 0.25) is 0 Å². The van der Waals surface area contributed by atoms with Crippen LogP contribution in [0.4, 0.5) is 0 Å². The molecule has 1 rings (SSSR count). The fourth-order valence-electron chi connectivity index (χ4n) is 1.34. The molecule has 0 spiro atoms. The van der Waals surface area contributed by atoms with Crippen molar-refractivity contribution in [2.75, 3.05) is 6.61 Å². The molecule has 0 aliphatic heterocycles. The molecule has 11 heavy (non-hydrogen) atoms. The quantitative estimate of drug-likeness (QED) is 0.607. The summed E-state index contributed by atoms with van der Waals surface area (Å²) in [5.41, 5.74) is 0. The minimum absolute atomic E-state index is 0.201. The van der Waals surface area contributed by atoms with Crippen LogP contribution >= 0.6 is 0 Å². The highest BCUT2D eigenvalue weighted by Gasteiger charge is 2.16. The Labute approximate surface area is 67.2 Å². The number of ketones is 1. The Morgan fingerprint density at radius 1 is 1.64 bits per heavy atom. The molecule has 0 heterocycles. The highest BCUT2D eigenvalue weighted by Crippen LogP contribution is 2.21. The molecule has 2 heteroatoms. The van der Waals surface area contributed by atoms with Gasteiger partial charge in [-0.1, -0.05) is 6.92 Å². The second-order valence-corrected chi connectivity index (χ2v) is 3.02. The molecule has 0 amide bonds. The molecule has 0 saturated carbocycles. The highest BCUT2D eigenvalue weighted by atomic mass is 16.5. The number of hydrogen-bond donors (Lipinski definition) is 0. The first-order valence-electron chi connectivity index (χ1n) is 4.08. The van der Waals surface area contributed by atoms with Crippen LogP contribution in [0.25, 0.3) is 0 Å². The molecule has 0 unspecified atom stereocenters. The van der Waals surface area contributed by atoms with E-state index in [-0.39, 0.29) is 5.78 Å². The van der Waals surface area contributed by atoms with Crippen LogP contribution in [-0.2, 0) is 9.53 Å². The molecular weight excluding hydrogens is 140 g/mol. The maximum Gasteiger partial charge on any atom is 0.159 e. The fraction of sp³-hybridized carbons (Fsp3) is 0.667. The number of hydrogen-bond acceptors (Lipinski definition) is 2. The summed E-state index contributed by atoms with van der Waals surface area (Å²) in [6, 6.07) is 0. The predicted octanol–water partition coefficient (Wildman–Crippen LogP) is 1.91. The summed E-state index contributed by atoms with van der Waals surface area (Å²) < 4.78 is 5.26. The first-order chi connectivity index (χ1) is 5.22. The third-order valence-electron chi connectivity index (χ3n) is 1.75. The van der Waals surface area contributed by atoms with Crippen molar-refractivity contribution in [1.82, 2.24) is 0 Å². The van der Waals surface area contributed by atoms with Crippen molar-refractivity contribution < 1.29 is 9.53 Å². The third-order valence-corrected chi connectivity index (χ3v) is 1.75. The van der Waals surface area contributed by atoms with E-state index in [9.17, 15) is 4.79 Å². The van der Waals surface area contributed by atoms with Crippen molar-refractivity contribution in [3.63, 3.8) is 0 Å². The van der Waals surface area contributed by atoms with Crippen LogP contribution in [-0.4, -0.2) is 12.4 Å². The van der Waals surface area contributed by atoms with Gasteiger partial charge >= 0.3 is 0 Å². The van der Waals surface area contributed by atoms with Gasteiger partial charge in [0.1, 0.15) is 0 Å². The Hall–Kier alpha value is -0.790. The minimum atomic E-state index is 0.201. The minimum Gasteiger partial charge on any atom is -0.498 e. The zero-order chi connectivity index (χ0) is 8.27. The molecule has 1 aliphatic carbocycles. The Kier molecular flexibility index (Phi) is 2.69. The van der Waals surface area contributed by atoms with Gasteiger partial charge in [0.25, 0.3) is 0 Å². The maximum atomic E-state index is 11.0. The van der Waals surface area contributed by atoms with E-state index in [1.807, 2.05) is 6.92 Å². The summed E-state index contributed by atoms with van der Waals surface area (Å²) >= 11 is 0. The summed E-state index contributed by atoms with van der Waals surface area (Å²) in [6.45, 7) is 4.67.